The number of anilines is 3. The molecule has 0 fully saturated rings. The van der Waals surface area contributed by atoms with Gasteiger partial charge in [0.1, 0.15) is 0 Å². The summed E-state index contributed by atoms with van der Waals surface area (Å²) in [5, 5.41) is 10.1. The van der Waals surface area contributed by atoms with Gasteiger partial charge in [-0.15, -0.1) is 0 Å². The van der Waals surface area contributed by atoms with E-state index in [9.17, 15) is 0 Å². The zero-order valence-electron chi connectivity index (χ0n) is 23.8. The number of imidazole rings is 1. The van der Waals surface area contributed by atoms with Crippen molar-refractivity contribution in [3.63, 3.8) is 0 Å². The van der Waals surface area contributed by atoms with E-state index in [0.29, 0.717) is 0 Å². The van der Waals surface area contributed by atoms with Gasteiger partial charge in [-0.1, -0.05) is 121 Å². The van der Waals surface area contributed by atoms with Crippen LogP contribution in [0.4, 0.5) is 17.3 Å². The summed E-state index contributed by atoms with van der Waals surface area (Å²) in [5.41, 5.74) is 7.81. The minimum absolute atomic E-state index is 0.887. The second-order valence-electron chi connectivity index (χ2n) is 11.6. The summed E-state index contributed by atoms with van der Waals surface area (Å²) in [6, 6.07) is 54.8. The quantitative estimate of drug-likeness (QED) is 0.187. The van der Waals surface area contributed by atoms with E-state index in [4.69, 9.17) is 4.98 Å². The van der Waals surface area contributed by atoms with Gasteiger partial charge in [0.05, 0.1) is 28.1 Å². The first-order valence-electron chi connectivity index (χ1n) is 15.1. The third kappa shape index (κ3) is 3.08. The number of para-hydroxylation sites is 4. The Bertz CT molecular complexity index is 2630. The van der Waals surface area contributed by atoms with Gasteiger partial charge in [0, 0.05) is 16.5 Å². The molecule has 0 amide bonds. The number of aromatic nitrogens is 2. The lowest BCUT2D eigenvalue weighted by atomic mass is 9.90. The van der Waals surface area contributed by atoms with Crippen molar-refractivity contribution in [2.24, 2.45) is 0 Å². The van der Waals surface area contributed by atoms with E-state index in [0.717, 1.165) is 34.0 Å². The summed E-state index contributed by atoms with van der Waals surface area (Å²) in [6.07, 6.45) is 0. The number of rotatable bonds is 1. The molecule has 2 heterocycles. The van der Waals surface area contributed by atoms with Crippen LogP contribution in [0.3, 0.4) is 0 Å². The Morgan fingerprint density at radius 3 is 1.64 bits per heavy atom. The van der Waals surface area contributed by atoms with E-state index in [2.05, 4.69) is 161 Å². The molecule has 0 spiro atoms. The summed E-state index contributed by atoms with van der Waals surface area (Å²) >= 11 is 0. The Kier molecular flexibility index (Phi) is 4.72. The van der Waals surface area contributed by atoms with Gasteiger partial charge in [0.15, 0.2) is 0 Å². The van der Waals surface area contributed by atoms with Crippen LogP contribution >= 0.6 is 0 Å². The molecule has 0 radical (unpaired) electrons. The van der Waals surface area contributed by atoms with Gasteiger partial charge in [-0.2, -0.15) is 0 Å². The third-order valence-electron chi connectivity index (χ3n) is 9.29. The molecule has 0 saturated heterocycles. The van der Waals surface area contributed by atoms with Crippen molar-refractivity contribution < 1.29 is 0 Å². The maximum atomic E-state index is 5.36. The van der Waals surface area contributed by atoms with Crippen LogP contribution in [0.2, 0.25) is 0 Å². The van der Waals surface area contributed by atoms with Crippen molar-refractivity contribution in [2.75, 3.05) is 4.90 Å². The van der Waals surface area contributed by atoms with Gasteiger partial charge >= 0.3 is 0 Å². The molecule has 1 aliphatic heterocycles. The largest absolute Gasteiger partial charge is 0.279 e. The fourth-order valence-electron chi connectivity index (χ4n) is 7.47. The first-order valence-corrected chi connectivity index (χ1v) is 15.1. The van der Waals surface area contributed by atoms with Crippen LogP contribution in [0.1, 0.15) is 0 Å². The van der Waals surface area contributed by atoms with Crippen molar-refractivity contribution in [2.45, 2.75) is 0 Å². The predicted molar refractivity (Wildman–Crippen MR) is 185 cm³/mol. The van der Waals surface area contributed by atoms with Gasteiger partial charge in [-0.25, -0.2) is 4.98 Å². The van der Waals surface area contributed by atoms with Crippen LogP contribution in [0.15, 0.2) is 152 Å². The van der Waals surface area contributed by atoms with E-state index < -0.39 is 0 Å². The van der Waals surface area contributed by atoms with Crippen LogP contribution < -0.4 is 4.90 Å². The standard InChI is InChI=1S/C41H25N3/c1-2-15-28-26(13-1)27-14-3-5-19-32(27)40-33-20-6-4-18-31(33)39(25-34(28)40)44-37-23-11-8-17-30(37)29-16-7-10-22-36(29)43-38-24-12-9-21-35(38)42-41(43)44/h1-25H. The van der Waals surface area contributed by atoms with Crippen molar-refractivity contribution in [1.82, 2.24) is 9.55 Å². The fourth-order valence-corrected chi connectivity index (χ4v) is 7.47. The molecule has 204 valence electrons. The normalized spacial score (nSPS) is 12.5. The molecular weight excluding hydrogens is 534 g/mol. The van der Waals surface area contributed by atoms with E-state index in [1.54, 1.807) is 0 Å². The predicted octanol–water partition coefficient (Wildman–Crippen LogP) is 11.1. The number of hydrogen-bond acceptors (Lipinski definition) is 2. The van der Waals surface area contributed by atoms with Crippen LogP contribution in [0.25, 0.3) is 70.9 Å². The molecule has 9 aromatic rings. The molecule has 0 bridgehead atoms. The van der Waals surface area contributed by atoms with Gasteiger partial charge in [0.2, 0.25) is 5.95 Å². The Morgan fingerprint density at radius 1 is 0.386 bits per heavy atom. The van der Waals surface area contributed by atoms with Gasteiger partial charge in [-0.05, 0) is 68.0 Å². The van der Waals surface area contributed by atoms with Crippen molar-refractivity contribution in [3.05, 3.63) is 152 Å². The number of nitrogens with zero attached hydrogens (tertiary/aromatic N) is 3. The number of hydrogen-bond donors (Lipinski definition) is 0. The molecule has 10 rings (SSSR count). The summed E-state index contributed by atoms with van der Waals surface area (Å²) in [6.45, 7) is 0. The van der Waals surface area contributed by atoms with Crippen LogP contribution in [0.5, 0.6) is 0 Å². The molecule has 0 aliphatic carbocycles. The molecule has 0 unspecified atom stereocenters. The molecule has 3 heteroatoms. The Balaban J connectivity index is 1.43. The highest BCUT2D eigenvalue weighted by Gasteiger charge is 2.30. The lowest BCUT2D eigenvalue weighted by Crippen LogP contribution is -2.14. The van der Waals surface area contributed by atoms with Crippen molar-refractivity contribution in [3.8, 4) is 16.8 Å². The Hall–Kier alpha value is -5.93. The smallest absolute Gasteiger partial charge is 0.220 e. The van der Waals surface area contributed by atoms with Crippen LogP contribution in [0, 0.1) is 0 Å². The molecule has 3 nitrogen and oxygen atoms in total. The van der Waals surface area contributed by atoms with E-state index in [1.807, 2.05) is 0 Å². The average molecular weight is 560 g/mol. The lowest BCUT2D eigenvalue weighted by molar-refractivity contribution is 1.05. The number of benzene rings is 8. The summed E-state index contributed by atoms with van der Waals surface area (Å²) in [4.78, 5) is 7.75. The molecule has 0 atom stereocenters. The molecular formula is C41H25N3. The van der Waals surface area contributed by atoms with Gasteiger partial charge in [0.25, 0.3) is 0 Å². The van der Waals surface area contributed by atoms with E-state index in [1.165, 1.54) is 54.2 Å². The number of fused-ring (bicyclic) bond motifs is 15. The summed E-state index contributed by atoms with van der Waals surface area (Å²) in [5.74, 6) is 0.887. The topological polar surface area (TPSA) is 21.1 Å². The highest BCUT2D eigenvalue weighted by molar-refractivity contribution is 6.33. The average Bonchev–Trinajstić information content (AvgIpc) is 3.42. The minimum atomic E-state index is 0.887. The second-order valence-corrected chi connectivity index (χ2v) is 11.6. The SMILES string of the molecule is c1ccc2c(c1)-c1ccccc1-n1c(nc3ccccc31)N2c1cc2c3ccccc3c3ccccc3c2c2ccccc12. The molecule has 8 aromatic carbocycles. The Morgan fingerprint density at radius 2 is 0.886 bits per heavy atom. The highest BCUT2D eigenvalue weighted by Crippen LogP contribution is 2.51. The zero-order chi connectivity index (χ0) is 28.8. The zero-order valence-corrected chi connectivity index (χ0v) is 23.8. The van der Waals surface area contributed by atoms with Crippen molar-refractivity contribution in [1.29, 1.82) is 0 Å². The maximum absolute atomic E-state index is 5.36. The van der Waals surface area contributed by atoms with Crippen LogP contribution in [-0.2, 0) is 0 Å². The first kappa shape index (κ1) is 23.6. The van der Waals surface area contributed by atoms with Crippen LogP contribution in [-0.4, -0.2) is 9.55 Å². The molecule has 0 N–H and O–H groups in total. The van der Waals surface area contributed by atoms with Crippen molar-refractivity contribution >= 4 is 71.4 Å². The van der Waals surface area contributed by atoms with Gasteiger partial charge < -0.3 is 0 Å². The highest BCUT2D eigenvalue weighted by atomic mass is 15.3. The monoisotopic (exact) mass is 559 g/mol. The molecule has 44 heavy (non-hydrogen) atoms. The minimum Gasteiger partial charge on any atom is -0.279 e. The maximum Gasteiger partial charge on any atom is 0.220 e. The van der Waals surface area contributed by atoms with E-state index in [-0.39, 0.29) is 0 Å². The lowest BCUT2D eigenvalue weighted by Gasteiger charge is -2.27. The first-order chi connectivity index (χ1) is 21.9. The summed E-state index contributed by atoms with van der Waals surface area (Å²) < 4.78 is 2.34. The third-order valence-corrected chi connectivity index (χ3v) is 9.29. The van der Waals surface area contributed by atoms with Gasteiger partial charge in [-0.3, -0.25) is 9.47 Å². The Labute approximate surface area is 253 Å². The second kappa shape index (κ2) is 8.79. The summed E-state index contributed by atoms with van der Waals surface area (Å²) in [7, 11) is 0. The fraction of sp³-hybridized carbons (Fsp3) is 0. The molecule has 1 aliphatic rings. The molecule has 0 saturated carbocycles. The molecule has 1 aromatic heterocycles. The van der Waals surface area contributed by atoms with E-state index >= 15 is 0 Å².